The first-order chi connectivity index (χ1) is 15.6. The van der Waals surface area contributed by atoms with Gasteiger partial charge >= 0.3 is 0 Å². The molecule has 1 aliphatic heterocycles. The van der Waals surface area contributed by atoms with Crippen LogP contribution in [0.25, 0.3) is 0 Å². The highest BCUT2D eigenvalue weighted by Gasteiger charge is 2.22. The molecule has 0 atom stereocenters. The van der Waals surface area contributed by atoms with Gasteiger partial charge in [-0.1, -0.05) is 18.2 Å². The maximum absolute atomic E-state index is 12.7. The standard InChI is InChI=1S/C25H27N5O2/c26-15-4-16-30(23-5-2-1-3-6-23)25(32)12-11-24(31)28-21-13-17-29(18-14-21)22-9-7-20(19-27)8-10-22/h1-3,5-10,21H,4,11-14,16-18H2,(H,28,31). The van der Waals surface area contributed by atoms with Gasteiger partial charge in [0.1, 0.15) is 0 Å². The number of benzene rings is 2. The molecule has 7 nitrogen and oxygen atoms in total. The lowest BCUT2D eigenvalue weighted by Crippen LogP contribution is -2.45. The maximum Gasteiger partial charge on any atom is 0.227 e. The third-order valence-electron chi connectivity index (χ3n) is 5.60. The number of amides is 2. The van der Waals surface area contributed by atoms with Crippen LogP contribution >= 0.6 is 0 Å². The van der Waals surface area contributed by atoms with E-state index in [1.807, 2.05) is 54.6 Å². The molecule has 1 heterocycles. The van der Waals surface area contributed by atoms with Gasteiger partial charge < -0.3 is 15.1 Å². The molecule has 1 fully saturated rings. The average Bonchev–Trinajstić information content (AvgIpc) is 2.84. The van der Waals surface area contributed by atoms with Crippen LogP contribution in [0.1, 0.15) is 37.7 Å². The van der Waals surface area contributed by atoms with E-state index in [2.05, 4.69) is 22.4 Å². The number of hydrogen-bond acceptors (Lipinski definition) is 5. The van der Waals surface area contributed by atoms with Crippen LogP contribution in [0.15, 0.2) is 54.6 Å². The summed E-state index contributed by atoms with van der Waals surface area (Å²) in [5.41, 5.74) is 2.46. The second kappa shape index (κ2) is 11.5. The van der Waals surface area contributed by atoms with Gasteiger partial charge in [-0.2, -0.15) is 10.5 Å². The predicted octanol–water partition coefficient (Wildman–Crippen LogP) is 3.37. The van der Waals surface area contributed by atoms with Gasteiger partial charge in [-0.25, -0.2) is 0 Å². The lowest BCUT2D eigenvalue weighted by molar-refractivity contribution is -0.125. The van der Waals surface area contributed by atoms with E-state index in [0.29, 0.717) is 12.1 Å². The van der Waals surface area contributed by atoms with Crippen molar-refractivity contribution in [2.24, 2.45) is 0 Å². The molecule has 7 heteroatoms. The zero-order valence-electron chi connectivity index (χ0n) is 18.0. The van der Waals surface area contributed by atoms with Crippen molar-refractivity contribution >= 4 is 23.2 Å². The molecule has 2 aromatic rings. The third-order valence-corrected chi connectivity index (χ3v) is 5.60. The van der Waals surface area contributed by atoms with E-state index in [-0.39, 0.29) is 37.1 Å². The first-order valence-electron chi connectivity index (χ1n) is 10.9. The van der Waals surface area contributed by atoms with Gasteiger partial charge in [0.05, 0.1) is 24.1 Å². The van der Waals surface area contributed by atoms with Gasteiger partial charge in [-0.15, -0.1) is 0 Å². The Morgan fingerprint density at radius 3 is 2.31 bits per heavy atom. The summed E-state index contributed by atoms with van der Waals surface area (Å²) >= 11 is 0. The summed E-state index contributed by atoms with van der Waals surface area (Å²) in [6, 6.07) is 21.0. The van der Waals surface area contributed by atoms with Crippen molar-refractivity contribution in [3.05, 3.63) is 60.2 Å². The van der Waals surface area contributed by atoms with E-state index in [1.165, 1.54) is 0 Å². The molecule has 0 aromatic heterocycles. The van der Waals surface area contributed by atoms with Gasteiger partial charge in [0.2, 0.25) is 11.8 Å². The smallest absolute Gasteiger partial charge is 0.227 e. The Balaban J connectivity index is 1.45. The number of carbonyl (C=O) groups excluding carboxylic acids is 2. The van der Waals surface area contributed by atoms with Crippen LogP contribution in [-0.4, -0.2) is 37.5 Å². The molecule has 0 radical (unpaired) electrons. The van der Waals surface area contributed by atoms with Crippen LogP contribution in [-0.2, 0) is 9.59 Å². The Bertz CT molecular complexity index is 984. The van der Waals surface area contributed by atoms with Crippen LogP contribution in [0.5, 0.6) is 0 Å². The van der Waals surface area contributed by atoms with E-state index in [4.69, 9.17) is 10.5 Å². The summed E-state index contributed by atoms with van der Waals surface area (Å²) < 4.78 is 0. The molecule has 0 saturated carbocycles. The van der Waals surface area contributed by atoms with E-state index < -0.39 is 0 Å². The number of para-hydroxylation sites is 1. The molecule has 1 N–H and O–H groups in total. The van der Waals surface area contributed by atoms with Crippen molar-refractivity contribution in [1.82, 2.24) is 5.32 Å². The summed E-state index contributed by atoms with van der Waals surface area (Å²) in [6.07, 6.45) is 2.14. The summed E-state index contributed by atoms with van der Waals surface area (Å²) in [5, 5.41) is 20.9. The van der Waals surface area contributed by atoms with Crippen LogP contribution < -0.4 is 15.1 Å². The molecule has 1 aliphatic rings. The van der Waals surface area contributed by atoms with Crippen molar-refractivity contribution < 1.29 is 9.59 Å². The van der Waals surface area contributed by atoms with E-state index in [0.717, 1.165) is 37.3 Å². The molecule has 0 bridgehead atoms. The second-order valence-corrected chi connectivity index (χ2v) is 7.78. The molecule has 164 valence electrons. The minimum atomic E-state index is -0.155. The fourth-order valence-corrected chi connectivity index (χ4v) is 3.85. The summed E-state index contributed by atoms with van der Waals surface area (Å²) in [6.45, 7) is 1.96. The molecule has 32 heavy (non-hydrogen) atoms. The van der Waals surface area contributed by atoms with Gasteiger partial charge in [0.15, 0.2) is 0 Å². The number of nitrogens with one attached hydrogen (secondary N) is 1. The molecule has 3 rings (SSSR count). The third kappa shape index (κ3) is 6.33. The highest BCUT2D eigenvalue weighted by molar-refractivity contribution is 5.95. The van der Waals surface area contributed by atoms with Crippen LogP contribution in [0.4, 0.5) is 11.4 Å². The van der Waals surface area contributed by atoms with Crippen LogP contribution in [0.3, 0.4) is 0 Å². The monoisotopic (exact) mass is 429 g/mol. The number of nitriles is 2. The Morgan fingerprint density at radius 2 is 1.69 bits per heavy atom. The number of carbonyl (C=O) groups is 2. The van der Waals surface area contributed by atoms with Crippen molar-refractivity contribution in [2.75, 3.05) is 29.4 Å². The Morgan fingerprint density at radius 1 is 1.00 bits per heavy atom. The lowest BCUT2D eigenvalue weighted by atomic mass is 10.0. The van der Waals surface area contributed by atoms with E-state index >= 15 is 0 Å². The van der Waals surface area contributed by atoms with Crippen molar-refractivity contribution in [3.8, 4) is 12.1 Å². The Kier molecular flexibility index (Phi) is 8.22. The van der Waals surface area contributed by atoms with Gasteiger partial charge in [-0.05, 0) is 49.2 Å². The second-order valence-electron chi connectivity index (χ2n) is 7.78. The van der Waals surface area contributed by atoms with Crippen LogP contribution in [0, 0.1) is 22.7 Å². The Labute approximate surface area is 188 Å². The molecule has 0 unspecified atom stereocenters. The highest BCUT2D eigenvalue weighted by atomic mass is 16.2. The molecular weight excluding hydrogens is 402 g/mol. The highest BCUT2D eigenvalue weighted by Crippen LogP contribution is 2.21. The summed E-state index contributed by atoms with van der Waals surface area (Å²) in [5.74, 6) is -0.277. The first kappa shape index (κ1) is 22.8. The SMILES string of the molecule is N#CCCN(C(=O)CCC(=O)NC1CCN(c2ccc(C#N)cc2)CC1)c1ccccc1. The first-order valence-corrected chi connectivity index (χ1v) is 10.9. The summed E-state index contributed by atoms with van der Waals surface area (Å²) in [4.78, 5) is 29.0. The maximum atomic E-state index is 12.7. The van der Waals surface area contributed by atoms with Crippen molar-refractivity contribution in [3.63, 3.8) is 0 Å². The molecule has 2 aromatic carbocycles. The van der Waals surface area contributed by atoms with Gasteiger partial charge in [-0.3, -0.25) is 9.59 Å². The van der Waals surface area contributed by atoms with Gasteiger partial charge in [0.25, 0.3) is 0 Å². The molecular formula is C25H27N5O2. The normalized spacial score (nSPS) is 13.6. The number of piperidine rings is 1. The molecule has 1 saturated heterocycles. The number of anilines is 2. The van der Waals surface area contributed by atoms with E-state index in [9.17, 15) is 9.59 Å². The largest absolute Gasteiger partial charge is 0.371 e. The van der Waals surface area contributed by atoms with Crippen LogP contribution in [0.2, 0.25) is 0 Å². The van der Waals surface area contributed by atoms with Crippen molar-refractivity contribution in [2.45, 2.75) is 38.1 Å². The van der Waals surface area contributed by atoms with Crippen molar-refractivity contribution in [1.29, 1.82) is 10.5 Å². The van der Waals surface area contributed by atoms with Gasteiger partial charge in [0, 0.05) is 49.9 Å². The molecule has 0 spiro atoms. The fraction of sp³-hybridized carbons (Fsp3) is 0.360. The number of nitrogens with zero attached hydrogens (tertiary/aromatic N) is 4. The zero-order chi connectivity index (χ0) is 22.8. The molecule has 2 amide bonds. The van der Waals surface area contributed by atoms with E-state index in [1.54, 1.807) is 4.90 Å². The molecule has 0 aliphatic carbocycles. The quantitative estimate of drug-likeness (QED) is 0.693. The number of hydrogen-bond donors (Lipinski definition) is 1. The fourth-order valence-electron chi connectivity index (χ4n) is 3.85. The predicted molar refractivity (Wildman–Crippen MR) is 123 cm³/mol. The average molecular weight is 430 g/mol. The lowest BCUT2D eigenvalue weighted by Gasteiger charge is -2.34. The topological polar surface area (TPSA) is 100 Å². The minimum absolute atomic E-state index is 0.0936. The minimum Gasteiger partial charge on any atom is -0.371 e. The summed E-state index contributed by atoms with van der Waals surface area (Å²) in [7, 11) is 0. The Hall–Kier alpha value is -3.84. The number of rotatable bonds is 8. The zero-order valence-corrected chi connectivity index (χ0v) is 18.0.